The number of nitrogens with zero attached hydrogens (tertiary/aromatic N) is 1. The SMILES string of the molecule is Cl.S=C(CCCCC1CCSS1)NCCN1CCOCC1. The minimum absolute atomic E-state index is 0. The smallest absolute Gasteiger partial charge is 0.0753 e. The van der Waals surface area contributed by atoms with Crippen molar-refractivity contribution in [2.75, 3.05) is 45.1 Å². The predicted octanol–water partition coefficient (Wildman–Crippen LogP) is 3.37. The molecule has 21 heavy (non-hydrogen) atoms. The fraction of sp³-hybridized carbons (Fsp3) is 0.929. The van der Waals surface area contributed by atoms with Gasteiger partial charge in [0.1, 0.15) is 0 Å². The van der Waals surface area contributed by atoms with E-state index >= 15 is 0 Å². The zero-order valence-electron chi connectivity index (χ0n) is 12.6. The summed E-state index contributed by atoms with van der Waals surface area (Å²) in [5, 5.41) is 4.30. The van der Waals surface area contributed by atoms with Crippen molar-refractivity contribution in [2.24, 2.45) is 0 Å². The molecule has 0 spiro atoms. The molecule has 0 radical (unpaired) electrons. The summed E-state index contributed by atoms with van der Waals surface area (Å²) in [6.45, 7) is 5.94. The van der Waals surface area contributed by atoms with Crippen molar-refractivity contribution in [3.05, 3.63) is 0 Å². The van der Waals surface area contributed by atoms with E-state index in [1.165, 1.54) is 31.4 Å². The number of morpholine rings is 1. The highest BCUT2D eigenvalue weighted by Gasteiger charge is 2.15. The van der Waals surface area contributed by atoms with E-state index in [9.17, 15) is 0 Å². The van der Waals surface area contributed by atoms with Gasteiger partial charge in [0.25, 0.3) is 0 Å². The van der Waals surface area contributed by atoms with Crippen LogP contribution in [-0.4, -0.2) is 60.3 Å². The van der Waals surface area contributed by atoms with Crippen LogP contribution in [0.5, 0.6) is 0 Å². The molecular weight excluding hydrogens is 344 g/mol. The summed E-state index contributed by atoms with van der Waals surface area (Å²) in [7, 11) is 4.12. The van der Waals surface area contributed by atoms with Gasteiger partial charge in [0.05, 0.1) is 18.2 Å². The van der Waals surface area contributed by atoms with Crippen molar-refractivity contribution >= 4 is 51.2 Å². The molecule has 0 bridgehead atoms. The van der Waals surface area contributed by atoms with E-state index < -0.39 is 0 Å². The van der Waals surface area contributed by atoms with Crippen LogP contribution in [-0.2, 0) is 4.74 Å². The monoisotopic (exact) mass is 370 g/mol. The van der Waals surface area contributed by atoms with E-state index in [-0.39, 0.29) is 12.4 Å². The average Bonchev–Trinajstić information content (AvgIpc) is 2.98. The fourth-order valence-corrected chi connectivity index (χ4v) is 5.76. The Labute approximate surface area is 148 Å². The Bertz CT molecular complexity index is 285. The maximum Gasteiger partial charge on any atom is 0.0753 e. The van der Waals surface area contributed by atoms with Gasteiger partial charge in [-0.25, -0.2) is 0 Å². The second kappa shape index (κ2) is 12.3. The summed E-state index contributed by atoms with van der Waals surface area (Å²) < 4.78 is 5.34. The molecule has 2 aliphatic rings. The van der Waals surface area contributed by atoms with Crippen LogP contribution in [0.1, 0.15) is 32.1 Å². The Balaban J connectivity index is 0.00000220. The molecule has 0 aromatic heterocycles. The van der Waals surface area contributed by atoms with Crippen LogP contribution in [0, 0.1) is 0 Å². The van der Waals surface area contributed by atoms with E-state index in [0.717, 1.165) is 56.1 Å². The van der Waals surface area contributed by atoms with Gasteiger partial charge in [0.15, 0.2) is 0 Å². The number of unbranched alkanes of at least 4 members (excludes halogenated alkanes) is 1. The van der Waals surface area contributed by atoms with Crippen LogP contribution in [0.25, 0.3) is 0 Å². The van der Waals surface area contributed by atoms with E-state index in [4.69, 9.17) is 17.0 Å². The van der Waals surface area contributed by atoms with Crippen molar-refractivity contribution in [3.8, 4) is 0 Å². The van der Waals surface area contributed by atoms with Gasteiger partial charge in [-0.1, -0.05) is 40.2 Å². The lowest BCUT2D eigenvalue weighted by molar-refractivity contribution is 0.0389. The summed E-state index contributed by atoms with van der Waals surface area (Å²) in [4.78, 5) is 3.49. The fourth-order valence-electron chi connectivity index (χ4n) is 2.49. The van der Waals surface area contributed by atoms with Gasteiger partial charge in [-0.05, 0) is 25.7 Å². The normalized spacial score (nSPS) is 22.8. The number of rotatable bonds is 8. The van der Waals surface area contributed by atoms with E-state index in [0.29, 0.717) is 0 Å². The molecule has 0 amide bonds. The molecular formula is C14H27ClN2OS3. The highest BCUT2D eigenvalue weighted by Crippen LogP contribution is 2.39. The maximum atomic E-state index is 5.41. The summed E-state index contributed by atoms with van der Waals surface area (Å²) >= 11 is 5.41. The molecule has 0 saturated carbocycles. The van der Waals surface area contributed by atoms with Gasteiger partial charge in [-0.15, -0.1) is 12.4 Å². The van der Waals surface area contributed by atoms with Crippen molar-refractivity contribution in [2.45, 2.75) is 37.4 Å². The lowest BCUT2D eigenvalue weighted by Gasteiger charge is -2.26. The van der Waals surface area contributed by atoms with Crippen LogP contribution >= 0.6 is 46.2 Å². The first-order valence-corrected chi connectivity index (χ1v) is 10.5. The van der Waals surface area contributed by atoms with Gasteiger partial charge in [0.2, 0.25) is 0 Å². The Morgan fingerprint density at radius 1 is 1.29 bits per heavy atom. The first kappa shape index (κ1) is 19.8. The quantitative estimate of drug-likeness (QED) is 0.399. The molecule has 3 nitrogen and oxygen atoms in total. The average molecular weight is 371 g/mol. The molecule has 2 saturated heterocycles. The highest BCUT2D eigenvalue weighted by atomic mass is 35.5. The van der Waals surface area contributed by atoms with Crippen LogP contribution in [0.2, 0.25) is 0 Å². The molecule has 1 unspecified atom stereocenters. The lowest BCUT2D eigenvalue weighted by Crippen LogP contribution is -2.41. The molecule has 2 fully saturated rings. The Kier molecular flexibility index (Phi) is 11.6. The third-order valence-electron chi connectivity index (χ3n) is 3.76. The first-order valence-electron chi connectivity index (χ1n) is 7.69. The van der Waals surface area contributed by atoms with Crippen LogP contribution in [0.15, 0.2) is 0 Å². The van der Waals surface area contributed by atoms with E-state index in [1.807, 2.05) is 10.8 Å². The molecule has 7 heteroatoms. The van der Waals surface area contributed by atoms with E-state index in [1.54, 1.807) is 0 Å². The molecule has 124 valence electrons. The Morgan fingerprint density at radius 3 is 2.81 bits per heavy atom. The van der Waals surface area contributed by atoms with Gasteiger partial charge >= 0.3 is 0 Å². The van der Waals surface area contributed by atoms with Crippen molar-refractivity contribution < 1.29 is 4.74 Å². The number of halogens is 1. The number of thiocarbonyl (C=S) groups is 1. The van der Waals surface area contributed by atoms with Crippen molar-refractivity contribution in [3.63, 3.8) is 0 Å². The van der Waals surface area contributed by atoms with Gasteiger partial charge in [-0.3, -0.25) is 4.90 Å². The minimum Gasteiger partial charge on any atom is -0.379 e. The molecule has 1 atom stereocenters. The van der Waals surface area contributed by atoms with E-state index in [2.05, 4.69) is 21.0 Å². The number of hydrogen-bond acceptors (Lipinski definition) is 5. The standard InChI is InChI=1S/C14H26N2OS3.ClH/c18-14(4-2-1-3-13-5-12-19-20-13)15-6-7-16-8-10-17-11-9-16;/h13H,1-12H2,(H,15,18);1H. The maximum absolute atomic E-state index is 5.41. The highest BCUT2D eigenvalue weighted by molar-refractivity contribution is 8.77. The molecule has 0 aromatic carbocycles. The van der Waals surface area contributed by atoms with Crippen LogP contribution in [0.3, 0.4) is 0 Å². The molecule has 2 rings (SSSR count). The summed E-state index contributed by atoms with van der Waals surface area (Å²) in [5.41, 5.74) is 0. The first-order chi connectivity index (χ1) is 9.84. The number of hydrogen-bond donors (Lipinski definition) is 1. The molecule has 0 aliphatic carbocycles. The largest absolute Gasteiger partial charge is 0.379 e. The lowest BCUT2D eigenvalue weighted by atomic mass is 10.1. The second-order valence-electron chi connectivity index (χ2n) is 5.38. The third-order valence-corrected chi connectivity index (χ3v) is 7.12. The summed E-state index contributed by atoms with van der Waals surface area (Å²) in [6, 6.07) is 0. The van der Waals surface area contributed by atoms with Gasteiger partial charge in [0, 0.05) is 37.2 Å². The second-order valence-corrected chi connectivity index (χ2v) is 8.66. The zero-order valence-corrected chi connectivity index (χ0v) is 15.8. The molecule has 1 N–H and O–H groups in total. The molecule has 2 aliphatic heterocycles. The molecule has 0 aromatic rings. The van der Waals surface area contributed by atoms with Crippen molar-refractivity contribution in [1.29, 1.82) is 0 Å². The van der Waals surface area contributed by atoms with Crippen LogP contribution < -0.4 is 5.32 Å². The van der Waals surface area contributed by atoms with Gasteiger partial charge < -0.3 is 10.1 Å². The molecule has 2 heterocycles. The predicted molar refractivity (Wildman–Crippen MR) is 102 cm³/mol. The Morgan fingerprint density at radius 2 is 2.10 bits per heavy atom. The Hall–Kier alpha value is 0.800. The topological polar surface area (TPSA) is 24.5 Å². The zero-order chi connectivity index (χ0) is 14.0. The minimum atomic E-state index is 0. The van der Waals surface area contributed by atoms with Gasteiger partial charge in [-0.2, -0.15) is 0 Å². The van der Waals surface area contributed by atoms with Crippen molar-refractivity contribution in [1.82, 2.24) is 10.2 Å². The van der Waals surface area contributed by atoms with Crippen LogP contribution in [0.4, 0.5) is 0 Å². The summed E-state index contributed by atoms with van der Waals surface area (Å²) in [6.07, 6.45) is 6.39. The number of nitrogens with one attached hydrogen (secondary N) is 1. The summed E-state index contributed by atoms with van der Waals surface area (Å²) in [5.74, 6) is 1.34. The third kappa shape index (κ3) is 8.86. The number of ether oxygens (including phenoxy) is 1.